The number of aliphatic hydroxyl groups excluding tert-OH is 1. The maximum absolute atomic E-state index is 13.0. The Labute approximate surface area is 175 Å². The van der Waals surface area contributed by atoms with E-state index in [-0.39, 0.29) is 24.0 Å². The van der Waals surface area contributed by atoms with Crippen molar-refractivity contribution >= 4 is 29.1 Å². The average molecular weight is 422 g/mol. The lowest BCUT2D eigenvalue weighted by molar-refractivity contribution is -0.133. The minimum Gasteiger partial charge on any atom is -0.393 e. The van der Waals surface area contributed by atoms with Gasteiger partial charge in [0.05, 0.1) is 12.3 Å². The van der Waals surface area contributed by atoms with Crippen LogP contribution >= 0.6 is 23.2 Å². The zero-order valence-corrected chi connectivity index (χ0v) is 17.5. The molecule has 1 saturated heterocycles. The highest BCUT2D eigenvalue weighted by Crippen LogP contribution is 2.36. The Hall–Kier alpha value is -1.56. The Morgan fingerprint density at radius 3 is 2.39 bits per heavy atom. The number of likely N-dealkylation sites (tertiary alicyclic amines) is 1. The third kappa shape index (κ3) is 3.93. The highest BCUT2D eigenvalue weighted by molar-refractivity contribution is 6.36. The molecule has 2 fully saturated rings. The summed E-state index contributed by atoms with van der Waals surface area (Å²) in [6, 6.07) is 4.07. The maximum atomic E-state index is 13.0. The molecule has 2 aliphatic rings. The van der Waals surface area contributed by atoms with Crippen LogP contribution in [0.15, 0.2) is 24.5 Å². The van der Waals surface area contributed by atoms with Crippen molar-refractivity contribution < 1.29 is 9.90 Å². The normalized spacial score (nSPS) is 25.5. The van der Waals surface area contributed by atoms with Crippen molar-refractivity contribution in [2.45, 2.75) is 50.7 Å². The number of carbonyl (C=O) groups excluding carboxylic acids is 1. The van der Waals surface area contributed by atoms with Gasteiger partial charge in [-0.05, 0) is 61.8 Å². The molecule has 28 heavy (non-hydrogen) atoms. The minimum absolute atomic E-state index is 0.0777. The van der Waals surface area contributed by atoms with Crippen LogP contribution in [0.3, 0.4) is 0 Å². The van der Waals surface area contributed by atoms with Crippen LogP contribution in [0.25, 0.3) is 11.1 Å². The quantitative estimate of drug-likeness (QED) is 0.808. The SMILES string of the molecule is Cn1cc(-c2cc(Cl)c(CC3CCN(C4CCC(O)CC4)C3=O)c(Cl)c2)cn1. The molecule has 1 aliphatic heterocycles. The topological polar surface area (TPSA) is 58.4 Å². The number of nitrogens with zero attached hydrogens (tertiary/aromatic N) is 3. The number of hydrogen-bond donors (Lipinski definition) is 1. The van der Waals surface area contributed by atoms with Gasteiger partial charge in [-0.2, -0.15) is 5.10 Å². The van der Waals surface area contributed by atoms with Gasteiger partial charge in [-0.15, -0.1) is 0 Å². The molecule has 1 aliphatic carbocycles. The lowest BCUT2D eigenvalue weighted by Crippen LogP contribution is -2.41. The molecule has 1 unspecified atom stereocenters. The second-order valence-electron chi connectivity index (χ2n) is 8.00. The molecule has 0 spiro atoms. The highest BCUT2D eigenvalue weighted by Gasteiger charge is 2.37. The van der Waals surface area contributed by atoms with Crippen LogP contribution in [0, 0.1) is 5.92 Å². The molecule has 1 amide bonds. The van der Waals surface area contributed by atoms with Crippen molar-refractivity contribution in [3.05, 3.63) is 40.1 Å². The monoisotopic (exact) mass is 421 g/mol. The fraction of sp³-hybridized carbons (Fsp3) is 0.524. The molecular weight excluding hydrogens is 397 g/mol. The van der Waals surface area contributed by atoms with Crippen molar-refractivity contribution in [1.29, 1.82) is 0 Å². The summed E-state index contributed by atoms with van der Waals surface area (Å²) in [5.74, 6) is 0.121. The molecule has 0 bridgehead atoms. The van der Waals surface area contributed by atoms with Gasteiger partial charge in [-0.25, -0.2) is 0 Å². The number of carbonyl (C=O) groups is 1. The Balaban J connectivity index is 1.48. The van der Waals surface area contributed by atoms with Crippen LogP contribution in [0.2, 0.25) is 10.0 Å². The summed E-state index contributed by atoms with van der Waals surface area (Å²) in [6.07, 6.45) is 8.23. The summed E-state index contributed by atoms with van der Waals surface area (Å²) in [5.41, 5.74) is 2.72. The lowest BCUT2D eigenvalue weighted by atomic mass is 9.92. The van der Waals surface area contributed by atoms with Gasteiger partial charge in [-0.3, -0.25) is 9.48 Å². The summed E-state index contributed by atoms with van der Waals surface area (Å²) in [4.78, 5) is 15.0. The predicted octanol–water partition coefficient (Wildman–Crippen LogP) is 4.09. The summed E-state index contributed by atoms with van der Waals surface area (Å²) >= 11 is 13.1. The Morgan fingerprint density at radius 2 is 1.79 bits per heavy atom. The van der Waals surface area contributed by atoms with Gasteiger partial charge in [0.15, 0.2) is 0 Å². The first-order chi connectivity index (χ1) is 13.4. The number of aliphatic hydroxyl groups is 1. The van der Waals surface area contributed by atoms with Crippen molar-refractivity contribution in [3.8, 4) is 11.1 Å². The predicted molar refractivity (Wildman–Crippen MR) is 110 cm³/mol. The summed E-state index contributed by atoms with van der Waals surface area (Å²) in [5, 5.41) is 15.1. The van der Waals surface area contributed by atoms with E-state index in [0.717, 1.165) is 55.3 Å². The zero-order valence-electron chi connectivity index (χ0n) is 15.9. The van der Waals surface area contributed by atoms with Crippen LogP contribution in [-0.4, -0.2) is 44.4 Å². The van der Waals surface area contributed by atoms with E-state index in [1.54, 1.807) is 10.9 Å². The fourth-order valence-corrected chi connectivity index (χ4v) is 5.11. The molecule has 1 saturated carbocycles. The smallest absolute Gasteiger partial charge is 0.226 e. The van der Waals surface area contributed by atoms with E-state index >= 15 is 0 Å². The van der Waals surface area contributed by atoms with E-state index in [1.165, 1.54) is 0 Å². The van der Waals surface area contributed by atoms with Gasteiger partial charge in [0.25, 0.3) is 0 Å². The number of aromatic nitrogens is 2. The Kier molecular flexibility index (Phi) is 5.68. The Morgan fingerprint density at radius 1 is 1.11 bits per heavy atom. The largest absolute Gasteiger partial charge is 0.393 e. The van der Waals surface area contributed by atoms with Gasteiger partial charge in [0, 0.05) is 47.4 Å². The van der Waals surface area contributed by atoms with Crippen molar-refractivity contribution in [2.24, 2.45) is 13.0 Å². The number of hydrogen-bond acceptors (Lipinski definition) is 3. The van der Waals surface area contributed by atoms with Gasteiger partial charge in [0.1, 0.15) is 0 Å². The summed E-state index contributed by atoms with van der Waals surface area (Å²) in [6.45, 7) is 0.785. The van der Waals surface area contributed by atoms with Crippen molar-refractivity contribution in [3.63, 3.8) is 0 Å². The van der Waals surface area contributed by atoms with Gasteiger partial charge in [-0.1, -0.05) is 23.2 Å². The summed E-state index contributed by atoms with van der Waals surface area (Å²) in [7, 11) is 1.87. The van der Waals surface area contributed by atoms with E-state index in [1.807, 2.05) is 30.3 Å². The molecule has 1 atom stereocenters. The molecule has 150 valence electrons. The van der Waals surface area contributed by atoms with Gasteiger partial charge < -0.3 is 10.0 Å². The minimum atomic E-state index is -0.208. The van der Waals surface area contributed by atoms with E-state index in [2.05, 4.69) is 5.10 Å². The van der Waals surface area contributed by atoms with Crippen LogP contribution in [-0.2, 0) is 18.3 Å². The van der Waals surface area contributed by atoms with E-state index < -0.39 is 0 Å². The number of amides is 1. The molecule has 1 aromatic carbocycles. The number of aryl methyl sites for hydroxylation is 1. The van der Waals surface area contributed by atoms with Gasteiger partial charge in [0.2, 0.25) is 5.91 Å². The molecule has 7 heteroatoms. The molecule has 2 aromatic rings. The van der Waals surface area contributed by atoms with Gasteiger partial charge >= 0.3 is 0 Å². The first kappa shape index (κ1) is 19.7. The van der Waals surface area contributed by atoms with Crippen molar-refractivity contribution in [2.75, 3.05) is 6.54 Å². The maximum Gasteiger partial charge on any atom is 0.226 e. The first-order valence-corrected chi connectivity index (χ1v) is 10.6. The average Bonchev–Trinajstić information content (AvgIpc) is 3.25. The number of benzene rings is 1. The highest BCUT2D eigenvalue weighted by atomic mass is 35.5. The van der Waals surface area contributed by atoms with E-state index in [0.29, 0.717) is 16.5 Å². The second kappa shape index (κ2) is 8.05. The van der Waals surface area contributed by atoms with Crippen LogP contribution in [0.1, 0.15) is 37.7 Å². The molecule has 4 rings (SSSR count). The Bertz CT molecular complexity index is 851. The molecule has 1 aromatic heterocycles. The summed E-state index contributed by atoms with van der Waals surface area (Å²) < 4.78 is 1.74. The van der Waals surface area contributed by atoms with Crippen LogP contribution in [0.5, 0.6) is 0 Å². The standard InChI is InChI=1S/C21H25Cl2N3O2/c1-25-12-15(11-24-25)14-9-19(22)18(20(23)10-14)8-13-6-7-26(21(13)28)16-2-4-17(27)5-3-16/h9-13,16-17,27H,2-8H2,1H3. The van der Waals surface area contributed by atoms with E-state index in [4.69, 9.17) is 23.2 Å². The molecular formula is C21H25Cl2N3O2. The first-order valence-electron chi connectivity index (χ1n) is 9.88. The van der Waals surface area contributed by atoms with Crippen LogP contribution < -0.4 is 0 Å². The van der Waals surface area contributed by atoms with E-state index in [9.17, 15) is 9.90 Å². The fourth-order valence-electron chi connectivity index (χ4n) is 4.47. The number of rotatable bonds is 4. The number of halogens is 2. The van der Waals surface area contributed by atoms with Crippen LogP contribution in [0.4, 0.5) is 0 Å². The van der Waals surface area contributed by atoms with Crippen molar-refractivity contribution in [1.82, 2.24) is 14.7 Å². The zero-order chi connectivity index (χ0) is 19.8. The molecule has 2 heterocycles. The lowest BCUT2D eigenvalue weighted by Gasteiger charge is -2.33. The third-order valence-electron chi connectivity index (χ3n) is 6.09. The molecule has 5 nitrogen and oxygen atoms in total. The molecule has 1 N–H and O–H groups in total. The second-order valence-corrected chi connectivity index (χ2v) is 8.82. The third-order valence-corrected chi connectivity index (χ3v) is 6.76. The molecule has 0 radical (unpaired) electrons.